The first-order valence-electron chi connectivity index (χ1n) is 9.61. The highest BCUT2D eigenvalue weighted by atomic mass is 35.5. The minimum absolute atomic E-state index is 0.117. The van der Waals surface area contributed by atoms with Crippen molar-refractivity contribution in [2.75, 3.05) is 0 Å². The maximum absolute atomic E-state index is 13.1. The van der Waals surface area contributed by atoms with Crippen LogP contribution in [0.1, 0.15) is 46.2 Å². The summed E-state index contributed by atoms with van der Waals surface area (Å²) in [6.45, 7) is 1.47. The topological polar surface area (TPSA) is 75.1 Å². The van der Waals surface area contributed by atoms with E-state index < -0.39 is 41.7 Å². The van der Waals surface area contributed by atoms with Crippen LogP contribution in [0.2, 0.25) is 5.02 Å². The second-order valence-electron chi connectivity index (χ2n) is 7.32. The Morgan fingerprint density at radius 3 is 2.21 bits per heavy atom. The van der Waals surface area contributed by atoms with Crippen LogP contribution in [0.4, 0.5) is 26.3 Å². The van der Waals surface area contributed by atoms with Crippen molar-refractivity contribution >= 4 is 17.5 Å². The van der Waals surface area contributed by atoms with Crippen LogP contribution >= 0.6 is 11.6 Å². The number of nitrogens with zero attached hydrogens (tertiary/aromatic N) is 2. The third-order valence-electron chi connectivity index (χ3n) is 4.79. The van der Waals surface area contributed by atoms with Gasteiger partial charge in [-0.3, -0.25) is 14.8 Å². The van der Waals surface area contributed by atoms with Gasteiger partial charge in [0.2, 0.25) is 0 Å². The fraction of sp³-hybridized carbons (Fsp3) is 0.227. The summed E-state index contributed by atoms with van der Waals surface area (Å²) in [6.07, 6.45) is -10.3. The van der Waals surface area contributed by atoms with Crippen LogP contribution in [0.5, 0.6) is 0 Å². The Morgan fingerprint density at radius 2 is 1.68 bits per heavy atom. The van der Waals surface area contributed by atoms with Crippen LogP contribution in [0.25, 0.3) is 11.3 Å². The number of pyridine rings is 2. The molecule has 0 bridgehead atoms. The van der Waals surface area contributed by atoms with E-state index in [1.54, 1.807) is 0 Å². The normalized spacial score (nSPS) is 13.9. The summed E-state index contributed by atoms with van der Waals surface area (Å²) in [5.74, 6) is -0.821. The molecule has 1 amide bonds. The van der Waals surface area contributed by atoms with Gasteiger partial charge in [-0.05, 0) is 54.4 Å². The predicted octanol–water partition coefficient (Wildman–Crippen LogP) is 5.90. The van der Waals surface area contributed by atoms with Crippen molar-refractivity contribution in [3.8, 4) is 11.3 Å². The third kappa shape index (κ3) is 6.03. The molecule has 0 saturated carbocycles. The van der Waals surface area contributed by atoms with Gasteiger partial charge in [0.25, 0.3) is 5.91 Å². The average Bonchev–Trinajstić information content (AvgIpc) is 2.77. The SMILES string of the molecule is C[C@@H](NC(=O)c1cc(-c2ccc(Cl)cn2)cc(C(O)C(F)(F)F)c1)c1ccc(C(F)(F)F)nc1. The lowest BCUT2D eigenvalue weighted by Gasteiger charge is -2.19. The van der Waals surface area contributed by atoms with E-state index in [1.165, 1.54) is 31.3 Å². The zero-order chi connectivity index (χ0) is 25.3. The van der Waals surface area contributed by atoms with Crippen molar-refractivity contribution in [2.24, 2.45) is 0 Å². The lowest BCUT2D eigenvalue weighted by atomic mass is 9.98. The molecule has 34 heavy (non-hydrogen) atoms. The van der Waals surface area contributed by atoms with Gasteiger partial charge in [-0.2, -0.15) is 26.3 Å². The summed E-state index contributed by atoms with van der Waals surface area (Å²) in [5, 5.41) is 12.5. The summed E-state index contributed by atoms with van der Waals surface area (Å²) in [6, 6.07) is 7.15. The molecule has 0 spiro atoms. The fourth-order valence-electron chi connectivity index (χ4n) is 3.02. The highest BCUT2D eigenvalue weighted by Gasteiger charge is 2.40. The molecule has 0 aliphatic rings. The van der Waals surface area contributed by atoms with Gasteiger partial charge in [0.05, 0.1) is 16.8 Å². The van der Waals surface area contributed by atoms with Crippen molar-refractivity contribution in [1.29, 1.82) is 0 Å². The molecule has 1 aromatic carbocycles. The number of aromatic nitrogens is 2. The molecule has 3 rings (SSSR count). The molecule has 2 N–H and O–H groups in total. The summed E-state index contributed by atoms with van der Waals surface area (Å²) >= 11 is 5.79. The number of rotatable bonds is 5. The Hall–Kier alpha value is -3.18. The molecule has 0 aliphatic heterocycles. The number of nitrogens with one attached hydrogen (secondary N) is 1. The van der Waals surface area contributed by atoms with Crippen LogP contribution < -0.4 is 5.32 Å². The largest absolute Gasteiger partial charge is 0.433 e. The molecular weight excluding hydrogens is 488 g/mol. The van der Waals surface area contributed by atoms with Crippen LogP contribution in [0.3, 0.4) is 0 Å². The fourth-order valence-corrected chi connectivity index (χ4v) is 3.13. The van der Waals surface area contributed by atoms with Gasteiger partial charge in [-0.1, -0.05) is 17.7 Å². The maximum atomic E-state index is 13.1. The van der Waals surface area contributed by atoms with Gasteiger partial charge in [0, 0.05) is 23.5 Å². The number of carbonyl (C=O) groups excluding carboxylic acids is 1. The molecular formula is C22H16ClF6N3O2. The van der Waals surface area contributed by atoms with Crippen molar-refractivity contribution in [2.45, 2.75) is 31.4 Å². The van der Waals surface area contributed by atoms with E-state index in [4.69, 9.17) is 11.6 Å². The first kappa shape index (κ1) is 25.4. The summed E-state index contributed by atoms with van der Waals surface area (Å²) in [7, 11) is 0. The van der Waals surface area contributed by atoms with E-state index in [2.05, 4.69) is 15.3 Å². The number of aliphatic hydroxyl groups excluding tert-OH is 1. The van der Waals surface area contributed by atoms with Crippen LogP contribution in [0.15, 0.2) is 54.9 Å². The van der Waals surface area contributed by atoms with E-state index in [1.807, 2.05) is 0 Å². The zero-order valence-corrected chi connectivity index (χ0v) is 18.0. The Labute approximate surface area is 194 Å². The van der Waals surface area contributed by atoms with Gasteiger partial charge < -0.3 is 10.4 Å². The third-order valence-corrected chi connectivity index (χ3v) is 5.01. The number of aliphatic hydroxyl groups is 1. The van der Waals surface area contributed by atoms with E-state index >= 15 is 0 Å². The molecule has 0 fully saturated rings. The second-order valence-corrected chi connectivity index (χ2v) is 7.76. The minimum Gasteiger partial charge on any atom is -0.379 e. The van der Waals surface area contributed by atoms with Gasteiger partial charge in [0.1, 0.15) is 5.69 Å². The number of hydrogen-bond donors (Lipinski definition) is 2. The highest BCUT2D eigenvalue weighted by Crippen LogP contribution is 2.35. The number of hydrogen-bond acceptors (Lipinski definition) is 4. The molecule has 2 atom stereocenters. The quantitative estimate of drug-likeness (QED) is 0.425. The van der Waals surface area contributed by atoms with Gasteiger partial charge in [0.15, 0.2) is 6.10 Å². The van der Waals surface area contributed by atoms with Gasteiger partial charge in [-0.15, -0.1) is 0 Å². The first-order chi connectivity index (χ1) is 15.8. The van der Waals surface area contributed by atoms with Crippen molar-refractivity contribution in [3.63, 3.8) is 0 Å². The van der Waals surface area contributed by atoms with E-state index in [-0.39, 0.29) is 27.4 Å². The highest BCUT2D eigenvalue weighted by molar-refractivity contribution is 6.30. The van der Waals surface area contributed by atoms with Gasteiger partial charge in [-0.25, -0.2) is 0 Å². The van der Waals surface area contributed by atoms with Crippen LogP contribution in [-0.4, -0.2) is 27.2 Å². The molecule has 12 heteroatoms. The van der Waals surface area contributed by atoms with E-state index in [9.17, 15) is 36.2 Å². The molecule has 3 aromatic rings. The second kappa shape index (κ2) is 9.59. The summed E-state index contributed by atoms with van der Waals surface area (Å²) < 4.78 is 77.5. The lowest BCUT2D eigenvalue weighted by molar-refractivity contribution is -0.206. The Kier molecular flexibility index (Phi) is 7.18. The number of halogens is 7. The summed E-state index contributed by atoms with van der Waals surface area (Å²) in [5.41, 5.74) is -1.35. The number of alkyl halides is 6. The first-order valence-corrected chi connectivity index (χ1v) is 9.99. The standard InChI is InChI=1S/C22H16ClF6N3O2/c1-11(12-2-5-18(31-9-12)21(24,25)26)32-20(34)15-7-13(17-4-3-16(23)10-30-17)6-14(8-15)19(33)22(27,28)29/h2-11,19,33H,1H3,(H,32,34)/t11-,19?/m1/s1. The number of carbonyl (C=O) groups is 1. The number of benzene rings is 1. The zero-order valence-electron chi connectivity index (χ0n) is 17.2. The van der Waals surface area contributed by atoms with Crippen LogP contribution in [-0.2, 0) is 6.18 Å². The molecule has 2 heterocycles. The predicted molar refractivity (Wildman–Crippen MR) is 111 cm³/mol. The summed E-state index contributed by atoms with van der Waals surface area (Å²) in [4.78, 5) is 20.1. The monoisotopic (exact) mass is 503 g/mol. The molecule has 0 saturated heterocycles. The van der Waals surface area contributed by atoms with Crippen LogP contribution in [0, 0.1) is 0 Å². The lowest BCUT2D eigenvalue weighted by Crippen LogP contribution is -2.27. The molecule has 5 nitrogen and oxygen atoms in total. The molecule has 0 aliphatic carbocycles. The molecule has 0 radical (unpaired) electrons. The molecule has 180 valence electrons. The maximum Gasteiger partial charge on any atom is 0.433 e. The van der Waals surface area contributed by atoms with Crippen molar-refractivity contribution in [1.82, 2.24) is 15.3 Å². The van der Waals surface area contributed by atoms with E-state index in [0.29, 0.717) is 0 Å². The van der Waals surface area contributed by atoms with Crippen molar-refractivity contribution in [3.05, 3.63) is 82.3 Å². The Bertz CT molecular complexity index is 1170. The minimum atomic E-state index is -4.99. The number of amides is 1. The van der Waals surface area contributed by atoms with Gasteiger partial charge >= 0.3 is 12.4 Å². The molecule has 2 aromatic heterocycles. The average molecular weight is 504 g/mol. The van der Waals surface area contributed by atoms with E-state index in [0.717, 1.165) is 30.5 Å². The Morgan fingerprint density at radius 1 is 0.971 bits per heavy atom. The Balaban J connectivity index is 1.93. The smallest absolute Gasteiger partial charge is 0.379 e. The van der Waals surface area contributed by atoms with Crippen molar-refractivity contribution < 1.29 is 36.2 Å². The molecule has 1 unspecified atom stereocenters.